The van der Waals surface area contributed by atoms with Crippen LogP contribution in [0.15, 0.2) is 28.7 Å². The van der Waals surface area contributed by atoms with E-state index in [1.807, 2.05) is 29.2 Å². The quantitative estimate of drug-likeness (QED) is 0.799. The fourth-order valence-electron chi connectivity index (χ4n) is 2.02. The Labute approximate surface area is 109 Å². The lowest BCUT2D eigenvalue weighted by molar-refractivity contribution is 0.0707. The van der Waals surface area contributed by atoms with Crippen molar-refractivity contribution in [3.05, 3.63) is 34.3 Å². The standard InChI is InChI=1S/C13H13BrN2O/c14-12-3-1-2-11(8-12)13(17)16-6-4-10(9-15)5-7-16/h1-3,8,10H,4-7H2. The number of nitrogens with zero attached hydrogens (tertiary/aromatic N) is 2. The molecule has 1 aromatic carbocycles. The van der Waals surface area contributed by atoms with Crippen molar-refractivity contribution in [2.24, 2.45) is 5.92 Å². The number of carbonyl (C=O) groups excluding carboxylic acids is 1. The first-order valence-corrected chi connectivity index (χ1v) is 6.44. The number of carbonyl (C=O) groups is 1. The molecule has 2 rings (SSSR count). The molecule has 0 N–H and O–H groups in total. The van der Waals surface area contributed by atoms with Crippen molar-refractivity contribution in [1.82, 2.24) is 4.90 Å². The number of likely N-dealkylation sites (tertiary alicyclic amines) is 1. The van der Waals surface area contributed by atoms with Gasteiger partial charge in [0.2, 0.25) is 0 Å². The Kier molecular flexibility index (Phi) is 3.80. The minimum absolute atomic E-state index is 0.0580. The molecular weight excluding hydrogens is 280 g/mol. The van der Waals surface area contributed by atoms with Crippen molar-refractivity contribution in [3.63, 3.8) is 0 Å². The van der Waals surface area contributed by atoms with Crippen LogP contribution >= 0.6 is 15.9 Å². The summed E-state index contributed by atoms with van der Waals surface area (Å²) in [6.07, 6.45) is 1.58. The normalized spacial score (nSPS) is 16.6. The minimum atomic E-state index is 0.0580. The summed E-state index contributed by atoms with van der Waals surface area (Å²) in [7, 11) is 0. The van der Waals surface area contributed by atoms with E-state index in [4.69, 9.17) is 5.26 Å². The highest BCUT2D eigenvalue weighted by molar-refractivity contribution is 9.10. The van der Waals surface area contributed by atoms with Crippen LogP contribution in [0.4, 0.5) is 0 Å². The minimum Gasteiger partial charge on any atom is -0.339 e. The maximum atomic E-state index is 12.2. The average molecular weight is 293 g/mol. The van der Waals surface area contributed by atoms with Gasteiger partial charge in [0, 0.05) is 29.0 Å². The fraction of sp³-hybridized carbons (Fsp3) is 0.385. The van der Waals surface area contributed by atoms with Gasteiger partial charge in [-0.1, -0.05) is 22.0 Å². The third-order valence-electron chi connectivity index (χ3n) is 3.04. The molecule has 0 bridgehead atoms. The fourth-order valence-corrected chi connectivity index (χ4v) is 2.42. The monoisotopic (exact) mass is 292 g/mol. The SMILES string of the molecule is N#CC1CCN(C(=O)c2cccc(Br)c2)CC1. The molecule has 0 radical (unpaired) electrons. The summed E-state index contributed by atoms with van der Waals surface area (Å²) in [6, 6.07) is 9.68. The zero-order valence-corrected chi connectivity index (χ0v) is 11.0. The Balaban J connectivity index is 2.05. The molecule has 0 atom stereocenters. The average Bonchev–Trinajstić information content (AvgIpc) is 2.38. The molecule has 1 fully saturated rings. The number of hydrogen-bond acceptors (Lipinski definition) is 2. The summed E-state index contributed by atoms with van der Waals surface area (Å²) in [5.41, 5.74) is 0.704. The molecule has 1 saturated heterocycles. The third kappa shape index (κ3) is 2.86. The van der Waals surface area contributed by atoms with Crippen LogP contribution in [0.1, 0.15) is 23.2 Å². The van der Waals surface area contributed by atoms with E-state index < -0.39 is 0 Å². The van der Waals surface area contributed by atoms with Gasteiger partial charge in [0.1, 0.15) is 0 Å². The van der Waals surface area contributed by atoms with Gasteiger partial charge in [0.25, 0.3) is 5.91 Å². The summed E-state index contributed by atoms with van der Waals surface area (Å²) in [4.78, 5) is 14.0. The molecule has 1 amide bonds. The van der Waals surface area contributed by atoms with E-state index in [1.165, 1.54) is 0 Å². The van der Waals surface area contributed by atoms with E-state index in [1.54, 1.807) is 0 Å². The summed E-state index contributed by atoms with van der Waals surface area (Å²) in [5, 5.41) is 8.81. The van der Waals surface area contributed by atoms with Gasteiger partial charge < -0.3 is 4.90 Å². The largest absolute Gasteiger partial charge is 0.339 e. The molecule has 0 spiro atoms. The first kappa shape index (κ1) is 12.1. The Bertz CT molecular complexity index is 459. The lowest BCUT2D eigenvalue weighted by atomic mass is 9.98. The second-order valence-corrected chi connectivity index (χ2v) is 5.12. The molecule has 1 heterocycles. The Morgan fingerprint density at radius 2 is 2.12 bits per heavy atom. The van der Waals surface area contributed by atoms with Crippen LogP contribution in [0.3, 0.4) is 0 Å². The van der Waals surface area contributed by atoms with Gasteiger partial charge in [-0.3, -0.25) is 4.79 Å². The van der Waals surface area contributed by atoms with Crippen LogP contribution in [0.25, 0.3) is 0 Å². The molecule has 88 valence electrons. The molecule has 1 aliphatic heterocycles. The van der Waals surface area contributed by atoms with Gasteiger partial charge in [0.05, 0.1) is 6.07 Å². The number of amides is 1. The number of rotatable bonds is 1. The van der Waals surface area contributed by atoms with Crippen molar-refractivity contribution in [1.29, 1.82) is 5.26 Å². The van der Waals surface area contributed by atoms with E-state index >= 15 is 0 Å². The number of benzene rings is 1. The zero-order valence-electron chi connectivity index (χ0n) is 9.40. The Hall–Kier alpha value is -1.34. The molecule has 1 aliphatic rings. The van der Waals surface area contributed by atoms with E-state index in [0.29, 0.717) is 18.7 Å². The van der Waals surface area contributed by atoms with Gasteiger partial charge in [-0.05, 0) is 31.0 Å². The molecule has 4 heteroatoms. The summed E-state index contributed by atoms with van der Waals surface area (Å²) in [6.45, 7) is 1.37. The predicted molar refractivity (Wildman–Crippen MR) is 68.4 cm³/mol. The van der Waals surface area contributed by atoms with Crippen molar-refractivity contribution in [2.75, 3.05) is 13.1 Å². The van der Waals surface area contributed by atoms with Crippen molar-refractivity contribution < 1.29 is 4.79 Å². The first-order valence-electron chi connectivity index (χ1n) is 5.65. The van der Waals surface area contributed by atoms with Gasteiger partial charge in [-0.25, -0.2) is 0 Å². The summed E-state index contributed by atoms with van der Waals surface area (Å²) in [5.74, 6) is 0.171. The van der Waals surface area contributed by atoms with Crippen LogP contribution < -0.4 is 0 Å². The number of nitriles is 1. The smallest absolute Gasteiger partial charge is 0.253 e. The molecule has 1 aromatic rings. The van der Waals surface area contributed by atoms with Crippen LogP contribution in [-0.2, 0) is 0 Å². The molecular formula is C13H13BrN2O. The second kappa shape index (κ2) is 5.33. The summed E-state index contributed by atoms with van der Waals surface area (Å²) >= 11 is 3.36. The Morgan fingerprint density at radius 1 is 1.41 bits per heavy atom. The highest BCUT2D eigenvalue weighted by Gasteiger charge is 2.23. The molecule has 17 heavy (non-hydrogen) atoms. The van der Waals surface area contributed by atoms with Gasteiger partial charge >= 0.3 is 0 Å². The van der Waals surface area contributed by atoms with Crippen molar-refractivity contribution in [3.8, 4) is 6.07 Å². The highest BCUT2D eigenvalue weighted by atomic mass is 79.9. The van der Waals surface area contributed by atoms with Crippen molar-refractivity contribution >= 4 is 21.8 Å². The molecule has 0 unspecified atom stereocenters. The zero-order chi connectivity index (χ0) is 12.3. The molecule has 0 aliphatic carbocycles. The number of piperidine rings is 1. The topological polar surface area (TPSA) is 44.1 Å². The van der Waals surface area contributed by atoms with Crippen LogP contribution in [0.2, 0.25) is 0 Å². The maximum Gasteiger partial charge on any atom is 0.253 e. The van der Waals surface area contributed by atoms with Crippen LogP contribution in [0.5, 0.6) is 0 Å². The van der Waals surface area contributed by atoms with E-state index in [9.17, 15) is 4.79 Å². The predicted octanol–water partition coefficient (Wildman–Crippen LogP) is 2.82. The Morgan fingerprint density at radius 3 is 2.71 bits per heavy atom. The number of hydrogen-bond donors (Lipinski definition) is 0. The van der Waals surface area contributed by atoms with Gasteiger partial charge in [-0.15, -0.1) is 0 Å². The van der Waals surface area contributed by atoms with Crippen LogP contribution in [-0.4, -0.2) is 23.9 Å². The molecule has 0 saturated carbocycles. The lowest BCUT2D eigenvalue weighted by Crippen LogP contribution is -2.38. The van der Waals surface area contributed by atoms with Gasteiger partial charge in [-0.2, -0.15) is 5.26 Å². The molecule has 3 nitrogen and oxygen atoms in total. The highest BCUT2D eigenvalue weighted by Crippen LogP contribution is 2.19. The van der Waals surface area contributed by atoms with E-state index in [-0.39, 0.29) is 11.8 Å². The van der Waals surface area contributed by atoms with Crippen molar-refractivity contribution in [2.45, 2.75) is 12.8 Å². The first-order chi connectivity index (χ1) is 8.20. The summed E-state index contributed by atoms with van der Waals surface area (Å²) < 4.78 is 0.912. The van der Waals surface area contributed by atoms with Gasteiger partial charge in [0.15, 0.2) is 0 Å². The van der Waals surface area contributed by atoms with E-state index in [2.05, 4.69) is 22.0 Å². The van der Waals surface area contributed by atoms with Crippen LogP contribution in [0, 0.1) is 17.2 Å². The second-order valence-electron chi connectivity index (χ2n) is 4.21. The number of halogens is 1. The molecule has 0 aromatic heterocycles. The van der Waals surface area contributed by atoms with E-state index in [0.717, 1.165) is 17.3 Å². The lowest BCUT2D eigenvalue weighted by Gasteiger charge is -2.29. The maximum absolute atomic E-state index is 12.2. The third-order valence-corrected chi connectivity index (χ3v) is 3.53.